The Labute approximate surface area is 134 Å². The Morgan fingerprint density at radius 2 is 1.87 bits per heavy atom. The Kier molecular flexibility index (Phi) is 6.06. The van der Waals surface area contributed by atoms with E-state index in [0.717, 1.165) is 44.2 Å². The van der Waals surface area contributed by atoms with E-state index >= 15 is 0 Å². The second-order valence-corrected chi connectivity index (χ2v) is 7.63. The van der Waals surface area contributed by atoms with Crippen LogP contribution in [0.4, 0.5) is 14.5 Å². The molecule has 1 aromatic rings. The lowest BCUT2D eigenvalue weighted by molar-refractivity contribution is -0.115. The van der Waals surface area contributed by atoms with Crippen LogP contribution >= 0.6 is 0 Å². The Hall–Kier alpha value is -1.54. The van der Waals surface area contributed by atoms with Crippen LogP contribution in [0.2, 0.25) is 0 Å². The van der Waals surface area contributed by atoms with Gasteiger partial charge in [0, 0.05) is 6.07 Å². The molecule has 1 aromatic carbocycles. The van der Waals surface area contributed by atoms with Crippen molar-refractivity contribution in [2.45, 2.75) is 32.1 Å². The molecule has 5 nitrogen and oxygen atoms in total. The molecule has 0 atom stereocenters. The van der Waals surface area contributed by atoms with Gasteiger partial charge in [0.05, 0.1) is 18.0 Å². The number of nitrogens with one attached hydrogen (secondary N) is 2. The Morgan fingerprint density at radius 3 is 2.52 bits per heavy atom. The van der Waals surface area contributed by atoms with E-state index in [-0.39, 0.29) is 17.4 Å². The lowest BCUT2D eigenvalue weighted by Gasteiger charge is -2.21. The van der Waals surface area contributed by atoms with Gasteiger partial charge >= 0.3 is 0 Å². The number of benzene rings is 1. The lowest BCUT2D eigenvalue weighted by atomic mass is 9.91. The molecule has 128 valence electrons. The molecular weight excluding hydrogens is 326 g/mol. The Bertz CT molecular complexity index is 659. The number of sulfonamides is 1. The Balaban J connectivity index is 1.83. The minimum atomic E-state index is -3.55. The fourth-order valence-electron chi connectivity index (χ4n) is 2.68. The molecule has 1 aliphatic rings. The first-order chi connectivity index (χ1) is 10.9. The summed E-state index contributed by atoms with van der Waals surface area (Å²) in [7, 11) is -3.55. The summed E-state index contributed by atoms with van der Waals surface area (Å²) < 4.78 is 52.3. The van der Waals surface area contributed by atoms with Gasteiger partial charge in [0.2, 0.25) is 15.9 Å². The van der Waals surface area contributed by atoms with E-state index in [9.17, 15) is 22.0 Å². The van der Waals surface area contributed by atoms with Crippen LogP contribution in [-0.4, -0.2) is 26.6 Å². The monoisotopic (exact) mass is 346 g/mol. The smallest absolute Gasteiger partial charge is 0.239 e. The third-order valence-corrected chi connectivity index (χ3v) is 5.33. The van der Waals surface area contributed by atoms with Crippen molar-refractivity contribution in [1.82, 2.24) is 4.72 Å². The van der Waals surface area contributed by atoms with E-state index < -0.39 is 34.1 Å². The number of carbonyl (C=O) groups excluding carboxylic acids is 1. The normalized spacial score (nSPS) is 16.3. The molecule has 2 N–H and O–H groups in total. The second-order valence-electron chi connectivity index (χ2n) is 5.78. The average molecular weight is 346 g/mol. The minimum absolute atomic E-state index is 0.00515. The van der Waals surface area contributed by atoms with Gasteiger partial charge in [-0.15, -0.1) is 0 Å². The minimum Gasteiger partial charge on any atom is -0.322 e. The number of anilines is 1. The number of carbonyl (C=O) groups is 1. The van der Waals surface area contributed by atoms with Crippen molar-refractivity contribution in [2.75, 3.05) is 17.6 Å². The van der Waals surface area contributed by atoms with Crippen LogP contribution < -0.4 is 10.0 Å². The summed E-state index contributed by atoms with van der Waals surface area (Å²) in [6.07, 6.45) is 4.96. The van der Waals surface area contributed by atoms with Crippen LogP contribution in [0.15, 0.2) is 18.2 Å². The molecule has 23 heavy (non-hydrogen) atoms. The summed E-state index contributed by atoms with van der Waals surface area (Å²) >= 11 is 0. The van der Waals surface area contributed by atoms with Crippen LogP contribution in [0.3, 0.4) is 0 Å². The van der Waals surface area contributed by atoms with Crippen molar-refractivity contribution in [2.24, 2.45) is 5.92 Å². The molecular formula is C15H20F2N2O3S. The maximum atomic E-state index is 13.4. The number of hydrogen-bond acceptors (Lipinski definition) is 3. The van der Waals surface area contributed by atoms with Crippen LogP contribution in [0, 0.1) is 17.6 Å². The summed E-state index contributed by atoms with van der Waals surface area (Å²) in [4.78, 5) is 11.7. The van der Waals surface area contributed by atoms with Crippen molar-refractivity contribution < 1.29 is 22.0 Å². The maximum Gasteiger partial charge on any atom is 0.239 e. The van der Waals surface area contributed by atoms with E-state index in [1.54, 1.807) is 0 Å². The Morgan fingerprint density at radius 1 is 1.17 bits per heavy atom. The zero-order chi connectivity index (χ0) is 16.9. The standard InChI is InChI=1S/C15H20F2N2O3S/c16-12-6-7-14(13(17)8-12)19-15(20)9-18-23(21,22)10-11-4-2-1-3-5-11/h6-8,11,18H,1-5,9-10H2,(H,19,20). The van der Waals surface area contributed by atoms with Crippen molar-refractivity contribution in [3.8, 4) is 0 Å². The molecule has 0 aromatic heterocycles. The van der Waals surface area contributed by atoms with Crippen LogP contribution in [0.5, 0.6) is 0 Å². The predicted molar refractivity (Wildman–Crippen MR) is 83.4 cm³/mol. The highest BCUT2D eigenvalue weighted by Crippen LogP contribution is 2.24. The average Bonchev–Trinajstić information content (AvgIpc) is 2.49. The molecule has 1 fully saturated rings. The molecule has 8 heteroatoms. The molecule has 1 aliphatic carbocycles. The first-order valence-corrected chi connectivity index (χ1v) is 9.23. The fourth-order valence-corrected chi connectivity index (χ4v) is 4.11. The molecule has 0 spiro atoms. The first kappa shape index (κ1) is 17.8. The highest BCUT2D eigenvalue weighted by molar-refractivity contribution is 7.89. The van der Waals surface area contributed by atoms with Gasteiger partial charge in [-0.25, -0.2) is 21.9 Å². The van der Waals surface area contributed by atoms with Crippen LogP contribution in [0.1, 0.15) is 32.1 Å². The van der Waals surface area contributed by atoms with Crippen LogP contribution in [0.25, 0.3) is 0 Å². The van der Waals surface area contributed by atoms with Gasteiger partial charge in [-0.1, -0.05) is 19.3 Å². The molecule has 0 unspecified atom stereocenters. The summed E-state index contributed by atoms with van der Waals surface area (Å²) in [5.41, 5.74) is -0.192. The molecule has 0 heterocycles. The van der Waals surface area contributed by atoms with E-state index in [4.69, 9.17) is 0 Å². The van der Waals surface area contributed by atoms with Gasteiger partial charge in [-0.05, 0) is 30.9 Å². The zero-order valence-corrected chi connectivity index (χ0v) is 13.5. The maximum absolute atomic E-state index is 13.4. The van der Waals surface area contributed by atoms with Crippen molar-refractivity contribution in [1.29, 1.82) is 0 Å². The number of rotatable bonds is 6. The molecule has 1 saturated carbocycles. The summed E-state index contributed by atoms with van der Waals surface area (Å²) in [6.45, 7) is -0.480. The number of amides is 1. The molecule has 0 radical (unpaired) electrons. The largest absolute Gasteiger partial charge is 0.322 e. The molecule has 0 aliphatic heterocycles. The highest BCUT2D eigenvalue weighted by Gasteiger charge is 2.21. The third-order valence-electron chi connectivity index (χ3n) is 3.84. The van der Waals surface area contributed by atoms with Crippen molar-refractivity contribution in [3.05, 3.63) is 29.8 Å². The van der Waals surface area contributed by atoms with Gasteiger partial charge in [-0.3, -0.25) is 4.79 Å². The van der Waals surface area contributed by atoms with E-state index in [2.05, 4.69) is 10.0 Å². The molecule has 0 saturated heterocycles. The molecule has 0 bridgehead atoms. The first-order valence-electron chi connectivity index (χ1n) is 7.58. The fraction of sp³-hybridized carbons (Fsp3) is 0.533. The quantitative estimate of drug-likeness (QED) is 0.830. The zero-order valence-electron chi connectivity index (χ0n) is 12.6. The van der Waals surface area contributed by atoms with Crippen molar-refractivity contribution >= 4 is 21.6 Å². The van der Waals surface area contributed by atoms with Gasteiger partial charge in [0.1, 0.15) is 11.6 Å². The highest BCUT2D eigenvalue weighted by atomic mass is 32.2. The summed E-state index contributed by atoms with van der Waals surface area (Å²) in [5, 5.41) is 2.21. The van der Waals surface area contributed by atoms with Gasteiger partial charge < -0.3 is 5.32 Å². The molecule has 2 rings (SSSR count). The lowest BCUT2D eigenvalue weighted by Crippen LogP contribution is -2.36. The van der Waals surface area contributed by atoms with E-state index in [1.807, 2.05) is 0 Å². The van der Waals surface area contributed by atoms with Crippen LogP contribution in [-0.2, 0) is 14.8 Å². The van der Waals surface area contributed by atoms with E-state index in [1.165, 1.54) is 0 Å². The molecule has 1 amide bonds. The van der Waals surface area contributed by atoms with E-state index in [0.29, 0.717) is 6.07 Å². The third kappa shape index (κ3) is 5.87. The SMILES string of the molecule is O=C(CNS(=O)(=O)CC1CCCCC1)Nc1ccc(F)cc1F. The van der Waals surface area contributed by atoms with Gasteiger partial charge in [-0.2, -0.15) is 0 Å². The topological polar surface area (TPSA) is 75.3 Å². The van der Waals surface area contributed by atoms with Gasteiger partial charge in [0.25, 0.3) is 0 Å². The number of hydrogen-bond donors (Lipinski definition) is 2. The predicted octanol–water partition coefficient (Wildman–Crippen LogP) is 2.40. The van der Waals surface area contributed by atoms with Gasteiger partial charge in [0.15, 0.2) is 0 Å². The number of halogens is 2. The summed E-state index contributed by atoms with van der Waals surface area (Å²) in [5.74, 6) is -2.25. The summed E-state index contributed by atoms with van der Waals surface area (Å²) in [6, 6.07) is 2.73. The second kappa shape index (κ2) is 7.83. The van der Waals surface area contributed by atoms with Crippen molar-refractivity contribution in [3.63, 3.8) is 0 Å².